The lowest BCUT2D eigenvalue weighted by molar-refractivity contribution is 0.0921. The Morgan fingerprint density at radius 1 is 1.19 bits per heavy atom. The van der Waals surface area contributed by atoms with Gasteiger partial charge in [0.05, 0.1) is 0 Å². The van der Waals surface area contributed by atoms with Gasteiger partial charge in [0.1, 0.15) is 5.75 Å². The second kappa shape index (κ2) is 5.98. The quantitative estimate of drug-likeness (QED) is 0.746. The van der Waals surface area contributed by atoms with Crippen LogP contribution in [0, 0.1) is 0 Å². The number of nitrogens with one attached hydrogen (secondary N) is 1. The molecule has 0 bridgehead atoms. The van der Waals surface area contributed by atoms with Crippen LogP contribution in [-0.2, 0) is 16.4 Å². The monoisotopic (exact) mass is 310 g/mol. The van der Waals surface area contributed by atoms with Gasteiger partial charge < -0.3 is 14.8 Å². The van der Waals surface area contributed by atoms with E-state index in [0.29, 0.717) is 13.0 Å². The zero-order valence-electron chi connectivity index (χ0n) is 10.9. The first-order valence-electron chi connectivity index (χ1n) is 6.05. The van der Waals surface area contributed by atoms with Crippen molar-refractivity contribution in [3.05, 3.63) is 47.7 Å². The number of carbonyl (C=O) groups excluding carboxylic acids is 1. The number of phenols is 1. The topological polar surface area (TPSA) is 123 Å². The lowest BCUT2D eigenvalue weighted by atomic mass is 10.1. The minimum Gasteiger partial charge on any atom is -0.508 e. The number of carbonyl (C=O) groups is 1. The molecule has 112 valence electrons. The Hall–Kier alpha value is -2.32. The van der Waals surface area contributed by atoms with Gasteiger partial charge in [-0.05, 0) is 36.2 Å². The van der Waals surface area contributed by atoms with Crippen LogP contribution in [0.5, 0.6) is 5.75 Å². The average molecular weight is 310 g/mol. The van der Waals surface area contributed by atoms with Crippen LogP contribution in [0.2, 0.25) is 0 Å². The van der Waals surface area contributed by atoms with Crippen molar-refractivity contribution in [2.24, 2.45) is 5.14 Å². The van der Waals surface area contributed by atoms with Gasteiger partial charge in [0, 0.05) is 6.54 Å². The van der Waals surface area contributed by atoms with E-state index in [0.717, 1.165) is 11.6 Å². The molecule has 0 aliphatic rings. The molecule has 1 heterocycles. The van der Waals surface area contributed by atoms with Crippen LogP contribution in [0.3, 0.4) is 0 Å². The molecule has 0 spiro atoms. The fourth-order valence-corrected chi connectivity index (χ4v) is 2.13. The summed E-state index contributed by atoms with van der Waals surface area (Å²) in [7, 11) is -3.95. The highest BCUT2D eigenvalue weighted by molar-refractivity contribution is 7.89. The number of phenolic OH excluding ortho intramolecular Hbond substituents is 1. The molecule has 0 saturated carbocycles. The van der Waals surface area contributed by atoms with Gasteiger partial charge >= 0.3 is 0 Å². The Bertz CT molecular complexity index is 734. The molecule has 1 aromatic heterocycles. The number of aromatic hydroxyl groups is 1. The molecule has 0 aliphatic carbocycles. The number of hydrogen-bond acceptors (Lipinski definition) is 5. The number of furan rings is 1. The molecule has 0 aliphatic heterocycles. The highest BCUT2D eigenvalue weighted by Gasteiger charge is 2.17. The number of rotatable bonds is 5. The molecule has 1 amide bonds. The maximum absolute atomic E-state index is 11.7. The van der Waals surface area contributed by atoms with E-state index < -0.39 is 21.0 Å². The standard InChI is InChI=1S/C13H14N2O5S/c14-21(18,19)12-6-5-11(20-12)13(17)15-8-7-9-1-3-10(16)4-2-9/h1-6,16H,7-8H2,(H,15,17)(H2,14,18,19). The molecule has 7 nitrogen and oxygen atoms in total. The van der Waals surface area contributed by atoms with Crippen LogP contribution in [0.4, 0.5) is 0 Å². The highest BCUT2D eigenvalue weighted by Crippen LogP contribution is 2.12. The van der Waals surface area contributed by atoms with Gasteiger partial charge in [0.15, 0.2) is 5.76 Å². The van der Waals surface area contributed by atoms with Gasteiger partial charge in [-0.25, -0.2) is 13.6 Å². The summed E-state index contributed by atoms with van der Waals surface area (Å²) in [5.41, 5.74) is 0.942. The van der Waals surface area contributed by atoms with Crippen molar-refractivity contribution in [1.29, 1.82) is 0 Å². The van der Waals surface area contributed by atoms with Crippen LogP contribution in [0.15, 0.2) is 45.9 Å². The van der Waals surface area contributed by atoms with E-state index >= 15 is 0 Å². The minimum absolute atomic E-state index is 0.121. The molecule has 0 unspecified atom stereocenters. The smallest absolute Gasteiger partial charge is 0.287 e. The van der Waals surface area contributed by atoms with Crippen molar-refractivity contribution in [3.63, 3.8) is 0 Å². The van der Waals surface area contributed by atoms with Gasteiger partial charge in [-0.2, -0.15) is 0 Å². The molecule has 4 N–H and O–H groups in total. The number of sulfonamides is 1. The van der Waals surface area contributed by atoms with Crippen LogP contribution in [-0.4, -0.2) is 26.0 Å². The summed E-state index contributed by atoms with van der Waals surface area (Å²) in [6.07, 6.45) is 0.564. The van der Waals surface area contributed by atoms with E-state index in [4.69, 9.17) is 14.7 Å². The van der Waals surface area contributed by atoms with E-state index in [1.807, 2.05) is 0 Å². The maximum atomic E-state index is 11.7. The minimum atomic E-state index is -3.95. The molecule has 8 heteroatoms. The molecule has 0 radical (unpaired) electrons. The zero-order valence-corrected chi connectivity index (χ0v) is 11.8. The Morgan fingerprint density at radius 3 is 2.43 bits per heavy atom. The third kappa shape index (κ3) is 4.07. The first kappa shape index (κ1) is 15.1. The van der Waals surface area contributed by atoms with Crippen molar-refractivity contribution < 1.29 is 22.7 Å². The number of nitrogens with two attached hydrogens (primary N) is 1. The molecule has 0 saturated heterocycles. The molecule has 1 aromatic carbocycles. The first-order valence-corrected chi connectivity index (χ1v) is 7.59. The molecular formula is C13H14N2O5S. The summed E-state index contributed by atoms with van der Waals surface area (Å²) < 4.78 is 26.9. The molecule has 0 atom stereocenters. The van der Waals surface area contributed by atoms with Crippen molar-refractivity contribution in [1.82, 2.24) is 5.32 Å². The van der Waals surface area contributed by atoms with Crippen molar-refractivity contribution >= 4 is 15.9 Å². The van der Waals surface area contributed by atoms with Gasteiger partial charge in [0.25, 0.3) is 15.9 Å². The van der Waals surface area contributed by atoms with Crippen LogP contribution < -0.4 is 10.5 Å². The van der Waals surface area contributed by atoms with Crippen LogP contribution in [0.25, 0.3) is 0 Å². The summed E-state index contributed by atoms with van der Waals surface area (Å²) in [5.74, 6) is -0.470. The summed E-state index contributed by atoms with van der Waals surface area (Å²) >= 11 is 0. The van der Waals surface area contributed by atoms with Gasteiger partial charge in [-0.15, -0.1) is 0 Å². The van der Waals surface area contributed by atoms with Crippen molar-refractivity contribution in [3.8, 4) is 5.75 Å². The molecule has 2 rings (SSSR count). The van der Waals surface area contributed by atoms with Crippen molar-refractivity contribution in [2.45, 2.75) is 11.5 Å². The SMILES string of the molecule is NS(=O)(=O)c1ccc(C(=O)NCCc2ccc(O)cc2)o1. The summed E-state index contributed by atoms with van der Waals surface area (Å²) in [4.78, 5) is 11.7. The maximum Gasteiger partial charge on any atom is 0.287 e. The number of benzene rings is 1. The summed E-state index contributed by atoms with van der Waals surface area (Å²) in [5, 5.41) is 16.2. The van der Waals surface area contributed by atoms with Gasteiger partial charge in [-0.1, -0.05) is 12.1 Å². The average Bonchev–Trinajstić information content (AvgIpc) is 2.90. The molecular weight excluding hydrogens is 296 g/mol. The van der Waals surface area contributed by atoms with Gasteiger partial charge in [0.2, 0.25) is 5.09 Å². The Morgan fingerprint density at radius 2 is 1.86 bits per heavy atom. The van der Waals surface area contributed by atoms with E-state index in [-0.39, 0.29) is 11.5 Å². The Labute approximate surface area is 121 Å². The largest absolute Gasteiger partial charge is 0.508 e. The summed E-state index contributed by atoms with van der Waals surface area (Å²) in [6, 6.07) is 8.98. The fourth-order valence-electron chi connectivity index (χ4n) is 1.67. The van der Waals surface area contributed by atoms with E-state index in [2.05, 4.69) is 5.32 Å². The predicted molar refractivity (Wildman–Crippen MR) is 74.2 cm³/mol. The van der Waals surface area contributed by atoms with Crippen LogP contribution >= 0.6 is 0 Å². The second-order valence-corrected chi connectivity index (χ2v) is 5.83. The van der Waals surface area contributed by atoms with E-state index in [9.17, 15) is 13.2 Å². The van der Waals surface area contributed by atoms with E-state index in [1.165, 1.54) is 6.07 Å². The fraction of sp³-hybridized carbons (Fsp3) is 0.154. The third-order valence-electron chi connectivity index (χ3n) is 2.72. The number of amides is 1. The lowest BCUT2D eigenvalue weighted by Crippen LogP contribution is -2.25. The predicted octanol–water partition coefficient (Wildman–Crippen LogP) is 0.605. The number of hydrogen-bond donors (Lipinski definition) is 3. The molecule has 0 fully saturated rings. The second-order valence-electron chi connectivity index (χ2n) is 4.34. The van der Waals surface area contributed by atoms with Crippen LogP contribution in [0.1, 0.15) is 16.1 Å². The van der Waals surface area contributed by atoms with Crippen molar-refractivity contribution in [2.75, 3.05) is 6.54 Å². The normalized spacial score (nSPS) is 11.3. The highest BCUT2D eigenvalue weighted by atomic mass is 32.2. The Kier molecular flexibility index (Phi) is 4.29. The van der Waals surface area contributed by atoms with Gasteiger partial charge in [-0.3, -0.25) is 4.79 Å². The zero-order chi connectivity index (χ0) is 15.5. The van der Waals surface area contributed by atoms with E-state index in [1.54, 1.807) is 24.3 Å². The third-order valence-corrected chi connectivity index (χ3v) is 3.50. The molecule has 2 aromatic rings. The molecule has 21 heavy (non-hydrogen) atoms. The number of primary sulfonamides is 1. The first-order chi connectivity index (χ1) is 9.86. The summed E-state index contributed by atoms with van der Waals surface area (Å²) in [6.45, 7) is 0.342. The Balaban J connectivity index is 1.90. The lowest BCUT2D eigenvalue weighted by Gasteiger charge is -2.03.